The predicted octanol–water partition coefficient (Wildman–Crippen LogP) is 3.52. The third-order valence-electron chi connectivity index (χ3n) is 3.51. The van der Waals surface area contributed by atoms with Crippen molar-refractivity contribution in [3.8, 4) is 0 Å². The standard InChI is InChI=1S/C19H20ClNO3/c1-2-17(19(23)21-13-15-6-4-3-5-7-15)24-18(22)12-14-8-10-16(20)11-9-14/h3-11,17H,2,12-13H2,1H3,(H,21,23)/t17-/m0/s1. The highest BCUT2D eigenvalue weighted by molar-refractivity contribution is 6.30. The first kappa shape index (κ1) is 18.0. The third-order valence-corrected chi connectivity index (χ3v) is 3.76. The van der Waals surface area contributed by atoms with E-state index in [0.717, 1.165) is 11.1 Å². The molecule has 0 aliphatic rings. The molecule has 0 aliphatic heterocycles. The Balaban J connectivity index is 1.84. The normalized spacial score (nSPS) is 11.6. The molecule has 24 heavy (non-hydrogen) atoms. The van der Waals surface area contributed by atoms with Crippen LogP contribution in [0.3, 0.4) is 0 Å². The van der Waals surface area contributed by atoms with Gasteiger partial charge in [-0.1, -0.05) is 61.0 Å². The topological polar surface area (TPSA) is 55.4 Å². The molecule has 0 saturated heterocycles. The van der Waals surface area contributed by atoms with Crippen LogP contribution in [0.4, 0.5) is 0 Å². The molecule has 4 nitrogen and oxygen atoms in total. The van der Waals surface area contributed by atoms with Gasteiger partial charge in [0.05, 0.1) is 6.42 Å². The van der Waals surface area contributed by atoms with Crippen molar-refractivity contribution in [2.45, 2.75) is 32.4 Å². The van der Waals surface area contributed by atoms with Crippen LogP contribution in [0.5, 0.6) is 0 Å². The van der Waals surface area contributed by atoms with Crippen molar-refractivity contribution < 1.29 is 14.3 Å². The molecule has 0 radical (unpaired) electrons. The number of amides is 1. The molecule has 1 atom stereocenters. The number of rotatable bonds is 7. The largest absolute Gasteiger partial charge is 0.452 e. The second-order valence-corrected chi connectivity index (χ2v) is 5.83. The number of carbonyl (C=O) groups excluding carboxylic acids is 2. The first-order valence-electron chi connectivity index (χ1n) is 7.84. The van der Waals surface area contributed by atoms with Gasteiger partial charge in [-0.3, -0.25) is 9.59 Å². The van der Waals surface area contributed by atoms with Crippen LogP contribution in [0.25, 0.3) is 0 Å². The fourth-order valence-corrected chi connectivity index (χ4v) is 2.32. The van der Waals surface area contributed by atoms with Crippen LogP contribution in [-0.4, -0.2) is 18.0 Å². The predicted molar refractivity (Wildman–Crippen MR) is 93.6 cm³/mol. The molecule has 0 aromatic heterocycles. The van der Waals surface area contributed by atoms with E-state index in [4.69, 9.17) is 16.3 Å². The Kier molecular flexibility index (Phi) is 6.82. The number of halogens is 1. The van der Waals surface area contributed by atoms with Crippen LogP contribution in [0, 0.1) is 0 Å². The highest BCUT2D eigenvalue weighted by atomic mass is 35.5. The van der Waals surface area contributed by atoms with Gasteiger partial charge in [0.25, 0.3) is 5.91 Å². The maximum absolute atomic E-state index is 12.2. The van der Waals surface area contributed by atoms with Gasteiger partial charge in [-0.25, -0.2) is 0 Å². The van der Waals surface area contributed by atoms with Gasteiger partial charge in [-0.05, 0) is 29.7 Å². The third kappa shape index (κ3) is 5.70. The van der Waals surface area contributed by atoms with Crippen LogP contribution in [0.1, 0.15) is 24.5 Å². The number of benzene rings is 2. The van der Waals surface area contributed by atoms with Crippen molar-refractivity contribution in [1.82, 2.24) is 5.32 Å². The first-order valence-corrected chi connectivity index (χ1v) is 8.22. The molecule has 0 aliphatic carbocycles. The van der Waals surface area contributed by atoms with Gasteiger partial charge in [-0.2, -0.15) is 0 Å². The Morgan fingerprint density at radius 1 is 1.04 bits per heavy atom. The second-order valence-electron chi connectivity index (χ2n) is 5.39. The molecule has 0 heterocycles. The summed E-state index contributed by atoms with van der Waals surface area (Å²) in [5.74, 6) is -0.718. The zero-order valence-electron chi connectivity index (χ0n) is 13.5. The van der Waals surface area contributed by atoms with E-state index < -0.39 is 12.1 Å². The minimum atomic E-state index is -0.784. The molecule has 126 valence electrons. The molecule has 5 heteroatoms. The van der Waals surface area contributed by atoms with E-state index in [0.29, 0.717) is 18.0 Å². The van der Waals surface area contributed by atoms with Gasteiger partial charge in [0.15, 0.2) is 6.10 Å². The van der Waals surface area contributed by atoms with Crippen molar-refractivity contribution in [1.29, 1.82) is 0 Å². The average Bonchev–Trinajstić information content (AvgIpc) is 2.60. The number of hydrogen-bond donors (Lipinski definition) is 1. The van der Waals surface area contributed by atoms with Crippen LogP contribution in [-0.2, 0) is 27.3 Å². The maximum atomic E-state index is 12.2. The zero-order valence-corrected chi connectivity index (χ0v) is 14.3. The van der Waals surface area contributed by atoms with Crippen LogP contribution in [0.15, 0.2) is 54.6 Å². The summed E-state index contributed by atoms with van der Waals surface area (Å²) in [7, 11) is 0. The number of ether oxygens (including phenoxy) is 1. The van der Waals surface area contributed by atoms with E-state index in [1.165, 1.54) is 0 Å². The Labute approximate surface area is 146 Å². The number of hydrogen-bond acceptors (Lipinski definition) is 3. The van der Waals surface area contributed by atoms with Crippen LogP contribution in [0.2, 0.25) is 5.02 Å². The van der Waals surface area contributed by atoms with Crippen LogP contribution >= 0.6 is 11.6 Å². The summed E-state index contributed by atoms with van der Waals surface area (Å²) in [6.45, 7) is 2.22. The summed E-state index contributed by atoms with van der Waals surface area (Å²) >= 11 is 5.81. The summed E-state index contributed by atoms with van der Waals surface area (Å²) in [6, 6.07) is 16.5. The Bertz CT molecular complexity index is 671. The van der Waals surface area contributed by atoms with E-state index >= 15 is 0 Å². The number of esters is 1. The van der Waals surface area contributed by atoms with Gasteiger partial charge in [0, 0.05) is 11.6 Å². The lowest BCUT2D eigenvalue weighted by Gasteiger charge is -2.16. The summed E-state index contributed by atoms with van der Waals surface area (Å²) < 4.78 is 5.30. The summed E-state index contributed by atoms with van der Waals surface area (Å²) in [4.78, 5) is 24.2. The fraction of sp³-hybridized carbons (Fsp3) is 0.263. The summed E-state index contributed by atoms with van der Waals surface area (Å²) in [6.07, 6.45) is -0.249. The Hall–Kier alpha value is -2.33. The number of nitrogens with one attached hydrogen (secondary N) is 1. The molecule has 0 unspecified atom stereocenters. The van der Waals surface area contributed by atoms with E-state index in [2.05, 4.69) is 5.32 Å². The fourth-order valence-electron chi connectivity index (χ4n) is 2.19. The van der Waals surface area contributed by atoms with Gasteiger partial charge in [0.2, 0.25) is 0 Å². The molecule has 2 aromatic carbocycles. The van der Waals surface area contributed by atoms with Gasteiger partial charge in [-0.15, -0.1) is 0 Å². The molecule has 0 bridgehead atoms. The van der Waals surface area contributed by atoms with E-state index in [9.17, 15) is 9.59 Å². The summed E-state index contributed by atoms with van der Waals surface area (Å²) in [5, 5.41) is 3.40. The molecule has 1 amide bonds. The lowest BCUT2D eigenvalue weighted by atomic mass is 10.1. The Morgan fingerprint density at radius 2 is 1.71 bits per heavy atom. The van der Waals surface area contributed by atoms with Crippen LogP contribution < -0.4 is 5.32 Å². The smallest absolute Gasteiger partial charge is 0.311 e. The molecule has 0 spiro atoms. The summed E-state index contributed by atoms with van der Waals surface area (Å²) in [5.41, 5.74) is 1.79. The SMILES string of the molecule is CC[C@H](OC(=O)Cc1ccc(Cl)cc1)C(=O)NCc1ccccc1. The molecule has 2 rings (SSSR count). The highest BCUT2D eigenvalue weighted by Gasteiger charge is 2.20. The molecule has 1 N–H and O–H groups in total. The van der Waals surface area contributed by atoms with Gasteiger partial charge < -0.3 is 10.1 Å². The minimum absolute atomic E-state index is 0.111. The molecular formula is C19H20ClNO3. The lowest BCUT2D eigenvalue weighted by Crippen LogP contribution is -2.37. The van der Waals surface area contributed by atoms with Crippen molar-refractivity contribution in [2.24, 2.45) is 0 Å². The minimum Gasteiger partial charge on any atom is -0.452 e. The molecular weight excluding hydrogens is 326 g/mol. The van der Waals surface area contributed by atoms with E-state index in [-0.39, 0.29) is 12.3 Å². The van der Waals surface area contributed by atoms with E-state index in [1.807, 2.05) is 37.3 Å². The van der Waals surface area contributed by atoms with Gasteiger partial charge in [0.1, 0.15) is 0 Å². The van der Waals surface area contributed by atoms with Crippen molar-refractivity contribution in [3.63, 3.8) is 0 Å². The second kappa shape index (κ2) is 9.08. The van der Waals surface area contributed by atoms with Crippen molar-refractivity contribution >= 4 is 23.5 Å². The molecule has 0 saturated carbocycles. The highest BCUT2D eigenvalue weighted by Crippen LogP contribution is 2.11. The Morgan fingerprint density at radius 3 is 2.33 bits per heavy atom. The maximum Gasteiger partial charge on any atom is 0.311 e. The quantitative estimate of drug-likeness (QED) is 0.781. The average molecular weight is 346 g/mol. The first-order chi connectivity index (χ1) is 11.6. The monoisotopic (exact) mass is 345 g/mol. The van der Waals surface area contributed by atoms with Crippen molar-refractivity contribution in [2.75, 3.05) is 0 Å². The zero-order chi connectivity index (χ0) is 17.4. The van der Waals surface area contributed by atoms with Gasteiger partial charge >= 0.3 is 5.97 Å². The molecule has 0 fully saturated rings. The lowest BCUT2D eigenvalue weighted by molar-refractivity contribution is -0.155. The molecule has 2 aromatic rings. The van der Waals surface area contributed by atoms with E-state index in [1.54, 1.807) is 24.3 Å². The number of carbonyl (C=O) groups is 2. The van der Waals surface area contributed by atoms with Crippen molar-refractivity contribution in [3.05, 3.63) is 70.7 Å².